The fourth-order valence-electron chi connectivity index (χ4n) is 4.01. The second-order valence-electron chi connectivity index (χ2n) is 7.16. The van der Waals surface area contributed by atoms with E-state index in [-0.39, 0.29) is 17.6 Å². The minimum atomic E-state index is -0.582. The summed E-state index contributed by atoms with van der Waals surface area (Å²) >= 11 is 0. The molecule has 0 radical (unpaired) electrons. The van der Waals surface area contributed by atoms with E-state index < -0.39 is 6.04 Å². The molecule has 1 N–H and O–H groups in total. The van der Waals surface area contributed by atoms with E-state index in [0.29, 0.717) is 41.0 Å². The molecular weight excluding hydrogens is 387 g/mol. The third kappa shape index (κ3) is 2.45. The summed E-state index contributed by atoms with van der Waals surface area (Å²) in [5, 5.41) is 4.52. The third-order valence-corrected chi connectivity index (χ3v) is 5.41. The number of H-pyrrole nitrogens is 1. The number of benzene rings is 1. The second kappa shape index (κ2) is 6.24. The third-order valence-electron chi connectivity index (χ3n) is 5.41. The molecule has 30 heavy (non-hydrogen) atoms. The van der Waals surface area contributed by atoms with Crippen LogP contribution in [0.15, 0.2) is 59.4 Å². The van der Waals surface area contributed by atoms with Gasteiger partial charge in [0.2, 0.25) is 0 Å². The first-order valence-electron chi connectivity index (χ1n) is 9.51. The SMILES string of the molecule is O=C(c1nc2ccccc2o1)N1CCc2[nH]cnc2C1c1cc2c(F)cccn2n1. The molecule has 0 saturated carbocycles. The van der Waals surface area contributed by atoms with Gasteiger partial charge in [0.25, 0.3) is 5.89 Å². The van der Waals surface area contributed by atoms with E-state index in [1.807, 2.05) is 12.1 Å². The van der Waals surface area contributed by atoms with E-state index in [9.17, 15) is 9.18 Å². The van der Waals surface area contributed by atoms with Gasteiger partial charge in [-0.1, -0.05) is 12.1 Å². The minimum absolute atomic E-state index is 0.00938. The van der Waals surface area contributed by atoms with Gasteiger partial charge in [0.15, 0.2) is 5.58 Å². The van der Waals surface area contributed by atoms with Crippen LogP contribution in [-0.4, -0.2) is 41.9 Å². The van der Waals surface area contributed by atoms with Crippen LogP contribution in [0.3, 0.4) is 0 Å². The summed E-state index contributed by atoms with van der Waals surface area (Å²) < 4.78 is 21.4. The molecule has 1 aromatic carbocycles. The molecule has 1 atom stereocenters. The molecule has 0 bridgehead atoms. The summed E-state index contributed by atoms with van der Waals surface area (Å²) in [5.41, 5.74) is 3.64. The highest BCUT2D eigenvalue weighted by molar-refractivity contribution is 5.93. The van der Waals surface area contributed by atoms with Gasteiger partial charge in [-0.15, -0.1) is 0 Å². The van der Waals surface area contributed by atoms with Gasteiger partial charge in [-0.2, -0.15) is 5.10 Å². The largest absolute Gasteiger partial charge is 0.432 e. The summed E-state index contributed by atoms with van der Waals surface area (Å²) in [5.74, 6) is -0.733. The number of rotatable bonds is 2. The van der Waals surface area contributed by atoms with Gasteiger partial charge in [-0.05, 0) is 30.3 Å². The van der Waals surface area contributed by atoms with E-state index >= 15 is 0 Å². The van der Waals surface area contributed by atoms with Crippen molar-refractivity contribution in [2.75, 3.05) is 6.54 Å². The first-order valence-corrected chi connectivity index (χ1v) is 9.51. The molecule has 8 nitrogen and oxygen atoms in total. The van der Waals surface area contributed by atoms with Crippen LogP contribution in [-0.2, 0) is 6.42 Å². The fraction of sp³-hybridized carbons (Fsp3) is 0.143. The van der Waals surface area contributed by atoms with E-state index in [4.69, 9.17) is 4.42 Å². The van der Waals surface area contributed by atoms with Crippen LogP contribution in [0, 0.1) is 5.82 Å². The molecule has 1 unspecified atom stereocenters. The first-order chi connectivity index (χ1) is 14.7. The number of aromatic amines is 1. The molecule has 1 aliphatic heterocycles. The zero-order chi connectivity index (χ0) is 20.2. The van der Waals surface area contributed by atoms with Crippen molar-refractivity contribution in [3.63, 3.8) is 0 Å². The van der Waals surface area contributed by atoms with Crippen molar-refractivity contribution < 1.29 is 13.6 Å². The maximum absolute atomic E-state index is 14.3. The number of carbonyl (C=O) groups is 1. The number of pyridine rings is 1. The molecule has 0 aliphatic carbocycles. The lowest BCUT2D eigenvalue weighted by Gasteiger charge is -2.32. The van der Waals surface area contributed by atoms with Crippen LogP contribution in [0.1, 0.15) is 33.8 Å². The van der Waals surface area contributed by atoms with E-state index in [0.717, 1.165) is 5.69 Å². The lowest BCUT2D eigenvalue weighted by Crippen LogP contribution is -2.41. The number of nitrogens with zero attached hydrogens (tertiary/aromatic N) is 5. The monoisotopic (exact) mass is 402 g/mol. The van der Waals surface area contributed by atoms with Crippen molar-refractivity contribution in [1.82, 2.24) is 29.5 Å². The summed E-state index contributed by atoms with van der Waals surface area (Å²) in [6.45, 7) is 0.424. The van der Waals surface area contributed by atoms with Crippen molar-refractivity contribution in [1.29, 1.82) is 0 Å². The standard InChI is InChI=1S/C21H15FN6O2/c22-12-4-3-8-28-16(12)10-15(26-28)19-18-14(23-11-24-18)7-9-27(19)21(29)20-25-13-5-1-2-6-17(13)30-20/h1-6,8,10-11,19H,7,9H2,(H,23,24). The molecule has 1 amide bonds. The van der Waals surface area contributed by atoms with Crippen molar-refractivity contribution in [3.05, 3.63) is 83.8 Å². The molecular formula is C21H15FN6O2. The van der Waals surface area contributed by atoms with Crippen molar-refractivity contribution in [2.24, 2.45) is 0 Å². The zero-order valence-corrected chi connectivity index (χ0v) is 15.6. The lowest BCUT2D eigenvalue weighted by atomic mass is 9.99. The Balaban J connectivity index is 1.48. The molecule has 5 aromatic rings. The number of carbonyl (C=O) groups excluding carboxylic acids is 1. The Morgan fingerprint density at radius 3 is 3.00 bits per heavy atom. The Kier molecular flexibility index (Phi) is 3.52. The lowest BCUT2D eigenvalue weighted by molar-refractivity contribution is 0.0648. The number of hydrogen-bond donors (Lipinski definition) is 1. The number of amides is 1. The number of nitrogens with one attached hydrogen (secondary N) is 1. The Labute approximate surface area is 169 Å². The van der Waals surface area contributed by atoms with Gasteiger partial charge in [-0.3, -0.25) is 4.79 Å². The van der Waals surface area contributed by atoms with Crippen molar-refractivity contribution in [3.8, 4) is 0 Å². The van der Waals surface area contributed by atoms with Gasteiger partial charge in [-0.25, -0.2) is 18.9 Å². The smallest absolute Gasteiger partial charge is 0.310 e. The fourth-order valence-corrected chi connectivity index (χ4v) is 4.01. The predicted octanol–water partition coefficient (Wildman–Crippen LogP) is 3.13. The second-order valence-corrected chi connectivity index (χ2v) is 7.16. The number of halogens is 1. The summed E-state index contributed by atoms with van der Waals surface area (Å²) in [7, 11) is 0. The number of imidazole rings is 1. The molecule has 0 saturated heterocycles. The molecule has 0 fully saturated rings. The van der Waals surface area contributed by atoms with Gasteiger partial charge in [0.1, 0.15) is 22.9 Å². The maximum Gasteiger partial charge on any atom is 0.310 e. The van der Waals surface area contributed by atoms with E-state index in [2.05, 4.69) is 20.1 Å². The number of aromatic nitrogens is 5. The minimum Gasteiger partial charge on any atom is -0.432 e. The highest BCUT2D eigenvalue weighted by atomic mass is 19.1. The molecule has 0 spiro atoms. The zero-order valence-electron chi connectivity index (χ0n) is 15.6. The molecule has 9 heteroatoms. The summed E-state index contributed by atoms with van der Waals surface area (Å²) in [6.07, 6.45) is 3.88. The number of oxazole rings is 1. The number of fused-ring (bicyclic) bond motifs is 3. The number of para-hydroxylation sites is 2. The molecule has 5 heterocycles. The number of hydrogen-bond acceptors (Lipinski definition) is 5. The van der Waals surface area contributed by atoms with E-state index in [1.165, 1.54) is 10.6 Å². The van der Waals surface area contributed by atoms with E-state index in [1.54, 1.807) is 41.7 Å². The van der Waals surface area contributed by atoms with Gasteiger partial charge >= 0.3 is 5.91 Å². The van der Waals surface area contributed by atoms with Crippen LogP contribution in [0.2, 0.25) is 0 Å². The quantitative estimate of drug-likeness (QED) is 0.490. The summed E-state index contributed by atoms with van der Waals surface area (Å²) in [4.78, 5) is 26.9. The molecule has 148 valence electrons. The first kappa shape index (κ1) is 16.9. The van der Waals surface area contributed by atoms with Crippen LogP contribution >= 0.6 is 0 Å². The highest BCUT2D eigenvalue weighted by Crippen LogP contribution is 2.34. The molecule has 6 rings (SSSR count). The average molecular weight is 402 g/mol. The normalized spacial score (nSPS) is 16.3. The summed E-state index contributed by atoms with van der Waals surface area (Å²) in [6, 6.07) is 11.3. The molecule has 1 aliphatic rings. The van der Waals surface area contributed by atoms with Crippen LogP contribution in [0.4, 0.5) is 4.39 Å². The van der Waals surface area contributed by atoms with Gasteiger partial charge in [0, 0.05) is 24.9 Å². The average Bonchev–Trinajstić information content (AvgIpc) is 3.49. The van der Waals surface area contributed by atoms with Crippen molar-refractivity contribution in [2.45, 2.75) is 12.5 Å². The topological polar surface area (TPSA) is 92.3 Å². The Hall–Kier alpha value is -4.01. The van der Waals surface area contributed by atoms with Gasteiger partial charge < -0.3 is 14.3 Å². The van der Waals surface area contributed by atoms with Crippen molar-refractivity contribution >= 4 is 22.5 Å². The Morgan fingerprint density at radius 2 is 2.13 bits per heavy atom. The van der Waals surface area contributed by atoms with Crippen LogP contribution in [0.5, 0.6) is 0 Å². The maximum atomic E-state index is 14.3. The Morgan fingerprint density at radius 1 is 1.23 bits per heavy atom. The van der Waals surface area contributed by atoms with Crippen LogP contribution < -0.4 is 0 Å². The highest BCUT2D eigenvalue weighted by Gasteiger charge is 2.38. The predicted molar refractivity (Wildman–Crippen MR) is 104 cm³/mol. The Bertz CT molecular complexity index is 1380. The van der Waals surface area contributed by atoms with Gasteiger partial charge in [0.05, 0.1) is 17.7 Å². The molecule has 4 aromatic heterocycles. The van der Waals surface area contributed by atoms with Crippen LogP contribution in [0.25, 0.3) is 16.6 Å².